The Hall–Kier alpha value is -0.610. The van der Waals surface area contributed by atoms with Crippen molar-refractivity contribution in [2.45, 2.75) is 38.5 Å². The first-order valence-electron chi connectivity index (χ1n) is 6.48. The molecule has 1 heterocycles. The van der Waals surface area contributed by atoms with E-state index >= 15 is 0 Å². The third-order valence-corrected chi connectivity index (χ3v) is 4.64. The molecule has 96 valence electrons. The highest BCUT2D eigenvalue weighted by molar-refractivity contribution is 7.15. The minimum atomic E-state index is 0.732. The van der Waals surface area contributed by atoms with Crippen molar-refractivity contribution in [3.63, 3.8) is 0 Å². The summed E-state index contributed by atoms with van der Waals surface area (Å²) in [6.45, 7) is 3.93. The van der Waals surface area contributed by atoms with Gasteiger partial charge in [-0.1, -0.05) is 19.8 Å². The minimum absolute atomic E-state index is 0.732. The van der Waals surface area contributed by atoms with Crippen molar-refractivity contribution < 1.29 is 4.74 Å². The summed E-state index contributed by atoms with van der Waals surface area (Å²) in [6, 6.07) is 0. The first-order chi connectivity index (χ1) is 8.29. The molecule has 2 rings (SSSR count). The van der Waals surface area contributed by atoms with Crippen LogP contribution in [0.3, 0.4) is 0 Å². The summed E-state index contributed by atoms with van der Waals surface area (Å²) in [4.78, 5) is 5.89. The van der Waals surface area contributed by atoms with Gasteiger partial charge in [-0.05, 0) is 24.7 Å². The zero-order valence-corrected chi connectivity index (χ0v) is 11.6. The standard InChI is InChI=1S/C13H22N2OS/c1-10-3-5-11(6-4-10)12-9-15-13(17-12)14-7-8-16-2/h9-11H,3-8H2,1-2H3,(H,14,15). The molecule has 0 bridgehead atoms. The Kier molecular flexibility index (Phi) is 4.80. The van der Waals surface area contributed by atoms with Crippen molar-refractivity contribution in [2.75, 3.05) is 25.6 Å². The maximum Gasteiger partial charge on any atom is 0.182 e. The monoisotopic (exact) mass is 254 g/mol. The molecule has 0 saturated heterocycles. The van der Waals surface area contributed by atoms with E-state index in [1.807, 2.05) is 11.3 Å². The number of nitrogens with zero attached hydrogens (tertiary/aromatic N) is 1. The van der Waals surface area contributed by atoms with Crippen LogP contribution in [0, 0.1) is 5.92 Å². The van der Waals surface area contributed by atoms with Crippen molar-refractivity contribution in [3.05, 3.63) is 11.1 Å². The normalized spacial score (nSPS) is 24.8. The molecule has 1 saturated carbocycles. The van der Waals surface area contributed by atoms with Crippen molar-refractivity contribution in [1.29, 1.82) is 0 Å². The van der Waals surface area contributed by atoms with E-state index in [4.69, 9.17) is 4.74 Å². The van der Waals surface area contributed by atoms with Gasteiger partial charge in [0.1, 0.15) is 0 Å². The molecule has 0 radical (unpaired) electrons. The molecule has 3 nitrogen and oxygen atoms in total. The molecular formula is C13H22N2OS. The van der Waals surface area contributed by atoms with Gasteiger partial charge >= 0.3 is 0 Å². The Morgan fingerprint density at radius 3 is 2.88 bits per heavy atom. The van der Waals surface area contributed by atoms with E-state index in [0.29, 0.717) is 0 Å². The summed E-state index contributed by atoms with van der Waals surface area (Å²) in [5.74, 6) is 1.67. The van der Waals surface area contributed by atoms with Crippen LogP contribution in [0.15, 0.2) is 6.20 Å². The SMILES string of the molecule is COCCNc1ncc(C2CCC(C)CC2)s1. The maximum absolute atomic E-state index is 5.01. The number of hydrogen-bond donors (Lipinski definition) is 1. The van der Waals surface area contributed by atoms with Crippen LogP contribution in [-0.4, -0.2) is 25.2 Å². The Bertz CT molecular complexity index is 332. The van der Waals surface area contributed by atoms with Gasteiger partial charge in [0.15, 0.2) is 5.13 Å². The number of thiazole rings is 1. The van der Waals surface area contributed by atoms with Gasteiger partial charge in [0.2, 0.25) is 0 Å². The first-order valence-corrected chi connectivity index (χ1v) is 7.29. The lowest BCUT2D eigenvalue weighted by Crippen LogP contribution is -2.09. The van der Waals surface area contributed by atoms with Gasteiger partial charge in [0.25, 0.3) is 0 Å². The van der Waals surface area contributed by atoms with E-state index in [0.717, 1.165) is 30.1 Å². The molecule has 0 spiro atoms. The zero-order valence-electron chi connectivity index (χ0n) is 10.7. The van der Waals surface area contributed by atoms with Crippen LogP contribution >= 0.6 is 11.3 Å². The fourth-order valence-electron chi connectivity index (χ4n) is 2.36. The Morgan fingerprint density at radius 1 is 1.41 bits per heavy atom. The highest BCUT2D eigenvalue weighted by Crippen LogP contribution is 2.38. The predicted molar refractivity (Wildman–Crippen MR) is 72.9 cm³/mol. The lowest BCUT2D eigenvalue weighted by Gasteiger charge is -2.24. The number of rotatable bonds is 5. The molecular weight excluding hydrogens is 232 g/mol. The predicted octanol–water partition coefficient (Wildman–Crippen LogP) is 3.50. The van der Waals surface area contributed by atoms with Crippen LogP contribution in [-0.2, 0) is 4.74 Å². The third kappa shape index (κ3) is 3.68. The molecule has 0 amide bonds. The minimum Gasteiger partial charge on any atom is -0.383 e. The molecule has 0 aromatic carbocycles. The first kappa shape index (κ1) is 12.8. The van der Waals surface area contributed by atoms with Crippen LogP contribution in [0.25, 0.3) is 0 Å². The fraction of sp³-hybridized carbons (Fsp3) is 0.769. The average molecular weight is 254 g/mol. The van der Waals surface area contributed by atoms with E-state index < -0.39 is 0 Å². The maximum atomic E-state index is 5.01. The van der Waals surface area contributed by atoms with Gasteiger partial charge in [-0.2, -0.15) is 0 Å². The molecule has 0 unspecified atom stereocenters. The Labute approximate surface area is 108 Å². The van der Waals surface area contributed by atoms with E-state index in [1.165, 1.54) is 30.6 Å². The number of ether oxygens (including phenoxy) is 1. The quantitative estimate of drug-likeness (QED) is 0.817. The van der Waals surface area contributed by atoms with Crippen LogP contribution < -0.4 is 5.32 Å². The summed E-state index contributed by atoms with van der Waals surface area (Å²) < 4.78 is 5.01. The van der Waals surface area contributed by atoms with E-state index in [-0.39, 0.29) is 0 Å². The smallest absolute Gasteiger partial charge is 0.182 e. The van der Waals surface area contributed by atoms with Gasteiger partial charge in [0.05, 0.1) is 6.61 Å². The van der Waals surface area contributed by atoms with Crippen molar-refractivity contribution in [2.24, 2.45) is 5.92 Å². The van der Waals surface area contributed by atoms with Crippen molar-refractivity contribution >= 4 is 16.5 Å². The lowest BCUT2D eigenvalue weighted by molar-refractivity contribution is 0.211. The zero-order chi connectivity index (χ0) is 12.1. The summed E-state index contributed by atoms with van der Waals surface area (Å²) >= 11 is 1.81. The van der Waals surface area contributed by atoms with Crippen LogP contribution in [0.5, 0.6) is 0 Å². The Balaban J connectivity index is 1.85. The average Bonchev–Trinajstić information content (AvgIpc) is 2.79. The lowest BCUT2D eigenvalue weighted by atomic mass is 9.82. The summed E-state index contributed by atoms with van der Waals surface area (Å²) in [5, 5.41) is 4.33. The van der Waals surface area contributed by atoms with Gasteiger partial charge in [-0.3, -0.25) is 0 Å². The molecule has 1 aromatic rings. The number of methoxy groups -OCH3 is 1. The largest absolute Gasteiger partial charge is 0.383 e. The second-order valence-electron chi connectivity index (χ2n) is 4.94. The topological polar surface area (TPSA) is 34.1 Å². The van der Waals surface area contributed by atoms with Gasteiger partial charge in [-0.25, -0.2) is 4.98 Å². The van der Waals surface area contributed by atoms with E-state index in [1.54, 1.807) is 7.11 Å². The number of anilines is 1. The second kappa shape index (κ2) is 6.36. The molecule has 1 aromatic heterocycles. The van der Waals surface area contributed by atoms with E-state index in [2.05, 4.69) is 23.4 Å². The molecule has 1 aliphatic carbocycles. The molecule has 0 atom stereocenters. The third-order valence-electron chi connectivity index (χ3n) is 3.52. The van der Waals surface area contributed by atoms with Crippen LogP contribution in [0.1, 0.15) is 43.4 Å². The van der Waals surface area contributed by atoms with Crippen LogP contribution in [0.2, 0.25) is 0 Å². The second-order valence-corrected chi connectivity index (χ2v) is 6.01. The molecule has 4 heteroatoms. The number of nitrogens with one attached hydrogen (secondary N) is 1. The summed E-state index contributed by atoms with van der Waals surface area (Å²) in [5.41, 5.74) is 0. The molecule has 1 aliphatic rings. The fourth-order valence-corrected chi connectivity index (χ4v) is 3.37. The van der Waals surface area contributed by atoms with Crippen LogP contribution in [0.4, 0.5) is 5.13 Å². The summed E-state index contributed by atoms with van der Waals surface area (Å²) in [7, 11) is 1.72. The highest BCUT2D eigenvalue weighted by atomic mass is 32.1. The van der Waals surface area contributed by atoms with Gasteiger partial charge in [-0.15, -0.1) is 11.3 Å². The highest BCUT2D eigenvalue weighted by Gasteiger charge is 2.21. The van der Waals surface area contributed by atoms with Crippen molar-refractivity contribution in [3.8, 4) is 0 Å². The Morgan fingerprint density at radius 2 is 2.18 bits per heavy atom. The molecule has 1 fully saturated rings. The number of hydrogen-bond acceptors (Lipinski definition) is 4. The molecule has 17 heavy (non-hydrogen) atoms. The van der Waals surface area contributed by atoms with Gasteiger partial charge < -0.3 is 10.1 Å². The summed E-state index contributed by atoms with van der Waals surface area (Å²) in [6.07, 6.45) is 7.46. The van der Waals surface area contributed by atoms with Crippen molar-refractivity contribution in [1.82, 2.24) is 4.98 Å². The van der Waals surface area contributed by atoms with E-state index in [9.17, 15) is 0 Å². The van der Waals surface area contributed by atoms with Gasteiger partial charge in [0, 0.05) is 24.7 Å². The number of aromatic nitrogens is 1. The molecule has 0 aliphatic heterocycles. The molecule has 1 N–H and O–H groups in total.